The van der Waals surface area contributed by atoms with E-state index in [0.717, 1.165) is 5.69 Å². The van der Waals surface area contributed by atoms with Crippen LogP contribution in [0.15, 0.2) is 14.8 Å². The third-order valence-electron chi connectivity index (χ3n) is 2.01. The van der Waals surface area contributed by atoms with Crippen LogP contribution in [0.4, 0.5) is 5.13 Å². The van der Waals surface area contributed by atoms with Crippen LogP contribution in [0.1, 0.15) is 12.1 Å². The molecule has 1 heterocycles. The highest BCUT2D eigenvalue weighted by molar-refractivity contribution is 7.98. The Morgan fingerprint density at radius 2 is 2.19 bits per heavy atom. The van der Waals surface area contributed by atoms with E-state index in [9.17, 15) is 8.42 Å². The summed E-state index contributed by atoms with van der Waals surface area (Å²) in [6.45, 7) is 0. The van der Waals surface area contributed by atoms with Gasteiger partial charge in [-0.1, -0.05) is 0 Å². The summed E-state index contributed by atoms with van der Waals surface area (Å²) in [4.78, 5) is 8.07. The minimum Gasteiger partial charge on any atom is -0.386 e. The monoisotopic (exact) mass is 351 g/mol. The first-order valence-electron chi connectivity index (χ1n) is 5.72. The number of guanidine groups is 1. The van der Waals surface area contributed by atoms with E-state index >= 15 is 0 Å². The molecule has 0 amide bonds. The Kier molecular flexibility index (Phi) is 6.87. The lowest BCUT2D eigenvalue weighted by Crippen LogP contribution is -2.22. The molecule has 0 saturated carbocycles. The summed E-state index contributed by atoms with van der Waals surface area (Å²) in [5.74, 6) is 1.32. The molecule has 0 spiro atoms. The summed E-state index contributed by atoms with van der Waals surface area (Å²) >= 11 is 2.90. The van der Waals surface area contributed by atoms with Crippen LogP contribution in [0.3, 0.4) is 0 Å². The molecule has 0 aromatic carbocycles. The van der Waals surface area contributed by atoms with Crippen molar-refractivity contribution in [2.24, 2.45) is 26.6 Å². The molecular weight excluding hydrogens is 334 g/mol. The fourth-order valence-corrected chi connectivity index (χ4v) is 3.28. The van der Waals surface area contributed by atoms with Gasteiger partial charge in [0.2, 0.25) is 5.13 Å². The number of hydrogen-bond donors (Lipinski definition) is 4. The summed E-state index contributed by atoms with van der Waals surface area (Å²) in [6.07, 6.45) is 0.371. The lowest BCUT2D eigenvalue weighted by molar-refractivity contribution is 0.590. The number of nitrogens with zero attached hydrogens (tertiary/aromatic N) is 3. The fourth-order valence-electron chi connectivity index (χ4n) is 1.12. The van der Waals surface area contributed by atoms with Crippen molar-refractivity contribution in [1.82, 2.24) is 9.71 Å². The predicted molar refractivity (Wildman–Crippen MR) is 88.0 cm³/mol. The van der Waals surface area contributed by atoms with Crippen molar-refractivity contribution in [3.8, 4) is 0 Å². The van der Waals surface area contributed by atoms with Crippen LogP contribution in [0.2, 0.25) is 0 Å². The Labute approximate surface area is 131 Å². The summed E-state index contributed by atoms with van der Waals surface area (Å²) < 4.78 is 27.7. The summed E-state index contributed by atoms with van der Waals surface area (Å²) in [6, 6.07) is 0. The SMILES string of the molecule is CNS(=O)(=O)/N=C(\N)CCSCc1csc(N=C(N)N)n1. The van der Waals surface area contributed by atoms with E-state index in [0.29, 0.717) is 23.1 Å². The molecule has 1 rings (SSSR count). The average molecular weight is 351 g/mol. The average Bonchev–Trinajstić information content (AvgIpc) is 2.81. The van der Waals surface area contributed by atoms with Gasteiger partial charge in [-0.15, -0.1) is 15.7 Å². The van der Waals surface area contributed by atoms with Gasteiger partial charge in [0.15, 0.2) is 5.96 Å². The molecule has 0 aliphatic heterocycles. The van der Waals surface area contributed by atoms with E-state index in [1.807, 2.05) is 5.38 Å². The van der Waals surface area contributed by atoms with Gasteiger partial charge in [-0.05, 0) is 0 Å². The Morgan fingerprint density at radius 3 is 2.81 bits per heavy atom. The number of thiazole rings is 1. The number of rotatable bonds is 8. The van der Waals surface area contributed by atoms with Gasteiger partial charge in [-0.2, -0.15) is 29.9 Å². The van der Waals surface area contributed by atoms with Crippen molar-refractivity contribution < 1.29 is 8.42 Å². The quantitative estimate of drug-likeness (QED) is 0.278. The molecule has 0 atom stereocenters. The molecule has 0 aliphatic rings. The van der Waals surface area contributed by atoms with E-state index in [2.05, 4.69) is 19.1 Å². The molecule has 0 radical (unpaired) electrons. The largest absolute Gasteiger partial charge is 0.386 e. The topological polar surface area (TPSA) is 162 Å². The number of thioether (sulfide) groups is 1. The first-order valence-corrected chi connectivity index (χ1v) is 9.19. The lowest BCUT2D eigenvalue weighted by Gasteiger charge is -2.01. The van der Waals surface area contributed by atoms with Crippen molar-refractivity contribution in [2.45, 2.75) is 12.2 Å². The molecule has 0 unspecified atom stereocenters. The van der Waals surface area contributed by atoms with Crippen molar-refractivity contribution in [1.29, 1.82) is 0 Å². The predicted octanol–water partition coefficient (Wildman–Crippen LogP) is -0.507. The number of nitrogens with one attached hydrogen (secondary N) is 1. The molecule has 9 nitrogen and oxygen atoms in total. The van der Waals surface area contributed by atoms with E-state index in [4.69, 9.17) is 17.2 Å². The Hall–Kier alpha value is -1.37. The molecule has 1 aromatic rings. The maximum atomic E-state index is 11.1. The number of aromatic nitrogens is 1. The second-order valence-electron chi connectivity index (χ2n) is 3.72. The molecule has 0 saturated heterocycles. The maximum Gasteiger partial charge on any atom is 0.321 e. The molecule has 0 bridgehead atoms. The van der Waals surface area contributed by atoms with Gasteiger partial charge < -0.3 is 17.2 Å². The first kappa shape index (κ1) is 17.7. The van der Waals surface area contributed by atoms with Crippen LogP contribution in [0.25, 0.3) is 0 Å². The van der Waals surface area contributed by atoms with Gasteiger partial charge in [-0.3, -0.25) is 0 Å². The molecule has 12 heteroatoms. The van der Waals surface area contributed by atoms with Crippen molar-refractivity contribution in [3.05, 3.63) is 11.1 Å². The second-order valence-corrected chi connectivity index (χ2v) is 7.21. The lowest BCUT2D eigenvalue weighted by atomic mass is 10.5. The van der Waals surface area contributed by atoms with Crippen LogP contribution in [0, 0.1) is 0 Å². The third-order valence-corrected chi connectivity index (χ3v) is 4.78. The number of hydrogen-bond acceptors (Lipinski definition) is 6. The van der Waals surface area contributed by atoms with Gasteiger partial charge in [0.1, 0.15) is 5.84 Å². The molecule has 0 aliphatic carbocycles. The molecule has 118 valence electrons. The van der Waals surface area contributed by atoms with Gasteiger partial charge >= 0.3 is 10.2 Å². The number of aliphatic imine (C=N–C) groups is 1. The van der Waals surface area contributed by atoms with Crippen LogP contribution in [-0.4, -0.2) is 38.0 Å². The summed E-state index contributed by atoms with van der Waals surface area (Å²) in [5.41, 5.74) is 16.9. The zero-order valence-corrected chi connectivity index (χ0v) is 13.8. The van der Waals surface area contributed by atoms with Crippen molar-refractivity contribution >= 4 is 50.2 Å². The molecule has 1 aromatic heterocycles. The Bertz CT molecular complexity index is 619. The van der Waals surface area contributed by atoms with Gasteiger partial charge in [0.05, 0.1) is 5.69 Å². The second kappa shape index (κ2) is 8.17. The molecule has 21 heavy (non-hydrogen) atoms. The summed E-state index contributed by atoms with van der Waals surface area (Å²) in [5, 5.41) is 2.37. The highest BCUT2D eigenvalue weighted by Gasteiger charge is 2.05. The van der Waals surface area contributed by atoms with E-state index in [-0.39, 0.29) is 11.8 Å². The van der Waals surface area contributed by atoms with E-state index < -0.39 is 10.2 Å². The smallest absolute Gasteiger partial charge is 0.321 e. The van der Waals surface area contributed by atoms with Crippen LogP contribution in [-0.2, 0) is 16.0 Å². The highest BCUT2D eigenvalue weighted by atomic mass is 32.2. The summed E-state index contributed by atoms with van der Waals surface area (Å²) in [7, 11) is -2.39. The van der Waals surface area contributed by atoms with Crippen LogP contribution < -0.4 is 21.9 Å². The third kappa shape index (κ3) is 7.27. The zero-order valence-electron chi connectivity index (χ0n) is 11.3. The standard InChI is InChI=1S/C9H17N7O2S3/c1-13-21(17,18)16-7(10)2-3-19-4-6-5-20-9(14-6)15-8(11)12/h5,13H,2-4H2,1H3,(H2,10,16)(H4,11,12,14,15). The van der Waals surface area contributed by atoms with E-state index in [1.54, 1.807) is 11.8 Å². The van der Waals surface area contributed by atoms with Gasteiger partial charge in [0.25, 0.3) is 0 Å². The van der Waals surface area contributed by atoms with Gasteiger partial charge in [-0.25, -0.2) is 4.98 Å². The minimum atomic E-state index is -3.66. The Morgan fingerprint density at radius 1 is 1.48 bits per heavy atom. The molecular formula is C9H17N7O2S3. The highest BCUT2D eigenvalue weighted by Crippen LogP contribution is 2.21. The fraction of sp³-hybridized carbons (Fsp3) is 0.444. The van der Waals surface area contributed by atoms with Crippen molar-refractivity contribution in [2.75, 3.05) is 12.8 Å². The Balaban J connectivity index is 2.38. The number of nitrogens with two attached hydrogens (primary N) is 3. The zero-order chi connectivity index (χ0) is 15.9. The molecule has 7 N–H and O–H groups in total. The first-order chi connectivity index (χ1) is 9.82. The number of amidine groups is 1. The van der Waals surface area contributed by atoms with Crippen molar-refractivity contribution in [3.63, 3.8) is 0 Å². The maximum absolute atomic E-state index is 11.1. The van der Waals surface area contributed by atoms with E-state index in [1.165, 1.54) is 18.4 Å². The van der Waals surface area contributed by atoms with Crippen LogP contribution >= 0.6 is 23.1 Å². The van der Waals surface area contributed by atoms with Gasteiger partial charge in [0, 0.05) is 30.4 Å². The molecule has 0 fully saturated rings. The minimum absolute atomic E-state index is 0.0294. The van der Waals surface area contributed by atoms with Crippen LogP contribution in [0.5, 0.6) is 0 Å². The normalized spacial score (nSPS) is 12.3.